The zero-order valence-electron chi connectivity index (χ0n) is 16.0. The lowest BCUT2D eigenvalue weighted by molar-refractivity contribution is -0.128. The second kappa shape index (κ2) is 11.5. The van der Waals surface area contributed by atoms with E-state index in [2.05, 4.69) is 5.32 Å². The van der Waals surface area contributed by atoms with E-state index >= 15 is 0 Å². The highest BCUT2D eigenvalue weighted by Crippen LogP contribution is 2.16. The summed E-state index contributed by atoms with van der Waals surface area (Å²) >= 11 is 5.90. The molecule has 1 N–H and O–H groups in total. The Morgan fingerprint density at radius 1 is 1.17 bits per heavy atom. The number of carbonyl (C=O) groups is 2. The second-order valence-electron chi connectivity index (χ2n) is 6.16. The zero-order chi connectivity index (χ0) is 21.1. The summed E-state index contributed by atoms with van der Waals surface area (Å²) in [6.45, 7) is 2.56. The summed E-state index contributed by atoms with van der Waals surface area (Å²) in [6, 6.07) is 15.5. The van der Waals surface area contributed by atoms with Gasteiger partial charge in [-0.3, -0.25) is 4.79 Å². The van der Waals surface area contributed by atoms with Crippen LogP contribution >= 0.6 is 11.6 Å². The smallest absolute Gasteiger partial charge is 0.336 e. The van der Waals surface area contributed by atoms with E-state index in [0.717, 1.165) is 18.4 Å². The quantitative estimate of drug-likeness (QED) is 0.224. The molecule has 0 aliphatic heterocycles. The SMILES string of the molecule is CCCCNC(=O)/C(C#N)=C/c1ccc(OC(=O)/C=C/c2cccc(Cl)c2)cc1. The van der Waals surface area contributed by atoms with Crippen molar-refractivity contribution in [1.29, 1.82) is 5.26 Å². The highest BCUT2D eigenvalue weighted by atomic mass is 35.5. The number of hydrogen-bond donors (Lipinski definition) is 1. The van der Waals surface area contributed by atoms with Gasteiger partial charge in [-0.2, -0.15) is 5.26 Å². The Kier molecular flexibility index (Phi) is 8.68. The van der Waals surface area contributed by atoms with Crippen molar-refractivity contribution in [3.05, 3.63) is 76.3 Å². The molecule has 0 unspecified atom stereocenters. The molecular formula is C23H21ClN2O3. The number of hydrogen-bond acceptors (Lipinski definition) is 4. The van der Waals surface area contributed by atoms with E-state index in [4.69, 9.17) is 16.3 Å². The maximum absolute atomic E-state index is 12.0. The van der Waals surface area contributed by atoms with E-state index in [9.17, 15) is 14.9 Å². The fraction of sp³-hybridized carbons (Fsp3) is 0.174. The molecule has 2 aromatic rings. The predicted molar refractivity (Wildman–Crippen MR) is 114 cm³/mol. The summed E-state index contributed by atoms with van der Waals surface area (Å²) in [7, 11) is 0. The van der Waals surface area contributed by atoms with Crippen LogP contribution < -0.4 is 10.1 Å². The van der Waals surface area contributed by atoms with Crippen LogP contribution in [0.4, 0.5) is 0 Å². The van der Waals surface area contributed by atoms with Crippen LogP contribution in [0.1, 0.15) is 30.9 Å². The van der Waals surface area contributed by atoms with Crippen LogP contribution in [0.5, 0.6) is 5.75 Å². The third-order valence-electron chi connectivity index (χ3n) is 3.85. The number of benzene rings is 2. The number of ether oxygens (including phenoxy) is 1. The first-order valence-corrected chi connectivity index (χ1v) is 9.55. The number of carbonyl (C=O) groups excluding carboxylic acids is 2. The van der Waals surface area contributed by atoms with Crippen molar-refractivity contribution in [1.82, 2.24) is 5.32 Å². The van der Waals surface area contributed by atoms with Crippen molar-refractivity contribution in [2.24, 2.45) is 0 Å². The highest BCUT2D eigenvalue weighted by Gasteiger charge is 2.08. The molecule has 0 atom stereocenters. The van der Waals surface area contributed by atoms with Gasteiger partial charge in [-0.25, -0.2) is 4.79 Å². The summed E-state index contributed by atoms with van der Waals surface area (Å²) in [6.07, 6.45) is 6.23. The fourth-order valence-electron chi connectivity index (χ4n) is 2.35. The maximum Gasteiger partial charge on any atom is 0.336 e. The molecule has 148 valence electrons. The van der Waals surface area contributed by atoms with Gasteiger partial charge in [-0.1, -0.05) is 49.2 Å². The second-order valence-corrected chi connectivity index (χ2v) is 6.59. The van der Waals surface area contributed by atoms with Gasteiger partial charge in [0.05, 0.1) is 0 Å². The number of esters is 1. The van der Waals surface area contributed by atoms with Gasteiger partial charge >= 0.3 is 5.97 Å². The number of unbranched alkanes of at least 4 members (excludes halogenated alkanes) is 1. The van der Waals surface area contributed by atoms with Gasteiger partial charge in [0.2, 0.25) is 0 Å². The third-order valence-corrected chi connectivity index (χ3v) is 4.09. The lowest BCUT2D eigenvalue weighted by atomic mass is 10.1. The fourth-order valence-corrected chi connectivity index (χ4v) is 2.54. The van der Waals surface area contributed by atoms with Gasteiger partial charge in [-0.15, -0.1) is 0 Å². The zero-order valence-corrected chi connectivity index (χ0v) is 16.8. The molecule has 0 saturated carbocycles. The van der Waals surface area contributed by atoms with Crippen molar-refractivity contribution in [2.75, 3.05) is 6.54 Å². The number of halogens is 1. The lowest BCUT2D eigenvalue weighted by Gasteiger charge is -2.04. The molecule has 6 heteroatoms. The van der Waals surface area contributed by atoms with Gasteiger partial charge in [0, 0.05) is 17.6 Å². The molecular weight excluding hydrogens is 388 g/mol. The molecule has 0 saturated heterocycles. The van der Waals surface area contributed by atoms with Crippen molar-refractivity contribution >= 4 is 35.6 Å². The minimum Gasteiger partial charge on any atom is -0.423 e. The largest absolute Gasteiger partial charge is 0.423 e. The number of nitriles is 1. The molecule has 0 fully saturated rings. The van der Waals surface area contributed by atoms with E-state index in [0.29, 0.717) is 22.9 Å². The van der Waals surface area contributed by atoms with Crippen LogP contribution in [0.2, 0.25) is 5.02 Å². The van der Waals surface area contributed by atoms with Crippen LogP contribution in [-0.2, 0) is 9.59 Å². The summed E-state index contributed by atoms with van der Waals surface area (Å²) in [5, 5.41) is 12.5. The molecule has 2 rings (SSSR count). The molecule has 0 bridgehead atoms. The predicted octanol–water partition coefficient (Wildman–Crippen LogP) is 4.78. The first-order chi connectivity index (χ1) is 14.0. The van der Waals surface area contributed by atoms with Gasteiger partial charge in [-0.05, 0) is 54.0 Å². The van der Waals surface area contributed by atoms with Gasteiger partial charge in [0.25, 0.3) is 5.91 Å². The normalized spacial score (nSPS) is 11.1. The first kappa shape index (κ1) is 21.9. The average Bonchev–Trinajstić information content (AvgIpc) is 2.72. The van der Waals surface area contributed by atoms with Crippen molar-refractivity contribution in [2.45, 2.75) is 19.8 Å². The van der Waals surface area contributed by atoms with Crippen LogP contribution in [0, 0.1) is 11.3 Å². The molecule has 1 amide bonds. The molecule has 0 heterocycles. The first-order valence-electron chi connectivity index (χ1n) is 9.17. The van der Waals surface area contributed by atoms with Gasteiger partial charge < -0.3 is 10.1 Å². The van der Waals surface area contributed by atoms with Crippen LogP contribution in [-0.4, -0.2) is 18.4 Å². The van der Waals surface area contributed by atoms with Gasteiger partial charge in [0.1, 0.15) is 17.4 Å². The van der Waals surface area contributed by atoms with E-state index in [1.54, 1.807) is 48.5 Å². The molecule has 0 radical (unpaired) electrons. The Labute approximate surface area is 175 Å². The maximum atomic E-state index is 12.0. The molecule has 0 spiro atoms. The Hall–Kier alpha value is -3.36. The topological polar surface area (TPSA) is 79.2 Å². The minimum absolute atomic E-state index is 0.0234. The number of nitrogens with zero attached hydrogens (tertiary/aromatic N) is 1. The summed E-state index contributed by atoms with van der Waals surface area (Å²) in [4.78, 5) is 23.9. The summed E-state index contributed by atoms with van der Waals surface area (Å²) in [5.74, 6) is -0.572. The number of rotatable bonds is 8. The number of nitrogens with one attached hydrogen (secondary N) is 1. The number of amides is 1. The third kappa shape index (κ3) is 7.65. The molecule has 0 aliphatic carbocycles. The van der Waals surface area contributed by atoms with Crippen LogP contribution in [0.15, 0.2) is 60.2 Å². The Bertz CT molecular complexity index is 957. The summed E-state index contributed by atoms with van der Waals surface area (Å²) < 4.78 is 5.24. The van der Waals surface area contributed by atoms with E-state index < -0.39 is 11.9 Å². The van der Waals surface area contributed by atoms with E-state index in [1.165, 1.54) is 12.2 Å². The molecule has 29 heavy (non-hydrogen) atoms. The molecule has 2 aromatic carbocycles. The Morgan fingerprint density at radius 2 is 1.93 bits per heavy atom. The summed E-state index contributed by atoms with van der Waals surface area (Å²) in [5.41, 5.74) is 1.47. The monoisotopic (exact) mass is 408 g/mol. The highest BCUT2D eigenvalue weighted by molar-refractivity contribution is 6.30. The van der Waals surface area contributed by atoms with Crippen molar-refractivity contribution in [3.8, 4) is 11.8 Å². The minimum atomic E-state index is -0.527. The average molecular weight is 409 g/mol. The van der Waals surface area contributed by atoms with Crippen LogP contribution in [0.25, 0.3) is 12.2 Å². The lowest BCUT2D eigenvalue weighted by Crippen LogP contribution is -2.25. The Balaban J connectivity index is 1.97. The van der Waals surface area contributed by atoms with E-state index in [1.807, 2.05) is 19.1 Å². The molecule has 0 aromatic heterocycles. The molecule has 0 aliphatic rings. The van der Waals surface area contributed by atoms with Crippen LogP contribution in [0.3, 0.4) is 0 Å². The van der Waals surface area contributed by atoms with Crippen molar-refractivity contribution in [3.63, 3.8) is 0 Å². The van der Waals surface area contributed by atoms with Crippen molar-refractivity contribution < 1.29 is 14.3 Å². The standard InChI is InChI=1S/C23H21ClN2O3/c1-2-3-13-26-23(28)19(16-25)14-18-7-10-21(11-8-18)29-22(27)12-9-17-5-4-6-20(24)15-17/h4-12,14-15H,2-3,13H2,1H3,(H,26,28)/b12-9+,19-14+. The molecule has 5 nitrogen and oxygen atoms in total. The van der Waals surface area contributed by atoms with Gasteiger partial charge in [0.15, 0.2) is 0 Å². The van der Waals surface area contributed by atoms with E-state index in [-0.39, 0.29) is 5.57 Å². The Morgan fingerprint density at radius 3 is 2.59 bits per heavy atom.